The Hall–Kier alpha value is -1.95. The summed E-state index contributed by atoms with van der Waals surface area (Å²) in [5.41, 5.74) is 1.23. The van der Waals surface area contributed by atoms with Gasteiger partial charge in [0.25, 0.3) is 0 Å². The van der Waals surface area contributed by atoms with E-state index >= 15 is 0 Å². The van der Waals surface area contributed by atoms with Crippen molar-refractivity contribution in [2.24, 2.45) is 0 Å². The maximum absolute atomic E-state index is 13.4. The van der Waals surface area contributed by atoms with Crippen molar-refractivity contribution in [1.82, 2.24) is 9.97 Å². The van der Waals surface area contributed by atoms with E-state index in [9.17, 15) is 9.18 Å². The molecule has 0 aliphatic carbocycles. The first-order chi connectivity index (χ1) is 9.65. The monoisotopic (exact) mass is 291 g/mol. The van der Waals surface area contributed by atoms with Crippen LogP contribution in [-0.2, 0) is 11.2 Å². The maximum atomic E-state index is 13.4. The van der Waals surface area contributed by atoms with Gasteiger partial charge in [0.2, 0.25) is 5.91 Å². The van der Waals surface area contributed by atoms with E-state index < -0.39 is 5.82 Å². The van der Waals surface area contributed by atoms with Crippen molar-refractivity contribution in [3.05, 3.63) is 47.9 Å². The lowest BCUT2D eigenvalue weighted by Crippen LogP contribution is -2.10. The third-order valence-corrected chi connectivity index (χ3v) is 3.34. The highest BCUT2D eigenvalue weighted by Gasteiger charge is 2.08. The number of nitrogens with one attached hydrogen (secondary N) is 1. The summed E-state index contributed by atoms with van der Waals surface area (Å²) in [6, 6.07) is 10.1. The summed E-state index contributed by atoms with van der Waals surface area (Å²) in [5, 5.41) is 2.79. The molecular weight excluding hydrogens is 277 g/mol. The molecule has 1 N–H and O–H groups in total. The Labute approximate surface area is 120 Å². The first kappa shape index (κ1) is 14.5. The molecule has 1 aromatic heterocycles. The second kappa shape index (κ2) is 7.00. The summed E-state index contributed by atoms with van der Waals surface area (Å²) in [5.74, 6) is -0.278. The van der Waals surface area contributed by atoms with E-state index in [2.05, 4.69) is 27.4 Å². The van der Waals surface area contributed by atoms with Gasteiger partial charge in [0.05, 0.1) is 6.20 Å². The Bertz CT molecular complexity index is 592. The van der Waals surface area contributed by atoms with Crippen LogP contribution in [0.5, 0.6) is 0 Å². The number of hydrogen-bond acceptors (Lipinski definition) is 4. The normalized spacial score (nSPS) is 10.3. The number of amides is 1. The lowest BCUT2D eigenvalue weighted by molar-refractivity contribution is -0.114. The molecule has 0 spiro atoms. The van der Waals surface area contributed by atoms with E-state index in [1.54, 1.807) is 0 Å². The van der Waals surface area contributed by atoms with E-state index in [1.807, 2.05) is 18.2 Å². The Kier molecular flexibility index (Phi) is 5.06. The number of carbonyl (C=O) groups excluding carboxylic acids is 1. The number of nitrogens with zero attached hydrogens (tertiary/aromatic N) is 2. The number of halogens is 1. The molecule has 0 unspecified atom stereocenters. The van der Waals surface area contributed by atoms with Gasteiger partial charge >= 0.3 is 0 Å². The van der Waals surface area contributed by atoms with Gasteiger partial charge in [0.1, 0.15) is 0 Å². The molecule has 1 amide bonds. The fourth-order valence-corrected chi connectivity index (χ4v) is 2.38. The molecule has 4 nitrogen and oxygen atoms in total. The lowest BCUT2D eigenvalue weighted by atomic mass is 10.2. The molecule has 104 valence electrons. The molecule has 6 heteroatoms. The number of benzene rings is 1. The van der Waals surface area contributed by atoms with Crippen LogP contribution in [0.4, 0.5) is 10.2 Å². The molecule has 0 saturated carbocycles. The highest BCUT2D eigenvalue weighted by molar-refractivity contribution is 7.99. The predicted octanol–water partition coefficient (Wildman–Crippen LogP) is 2.91. The van der Waals surface area contributed by atoms with E-state index in [-0.39, 0.29) is 11.7 Å². The van der Waals surface area contributed by atoms with Crippen LogP contribution in [0.15, 0.2) is 41.7 Å². The molecule has 0 aliphatic heterocycles. The van der Waals surface area contributed by atoms with Crippen molar-refractivity contribution in [2.45, 2.75) is 18.5 Å². The van der Waals surface area contributed by atoms with Crippen molar-refractivity contribution in [3.63, 3.8) is 0 Å². The Morgan fingerprint density at radius 2 is 2.10 bits per heavy atom. The van der Waals surface area contributed by atoms with Gasteiger partial charge in [-0.05, 0) is 12.0 Å². The molecule has 0 atom stereocenters. The van der Waals surface area contributed by atoms with Gasteiger partial charge < -0.3 is 5.32 Å². The number of anilines is 1. The minimum Gasteiger partial charge on any atom is -0.308 e. The van der Waals surface area contributed by atoms with Crippen LogP contribution in [0.1, 0.15) is 12.5 Å². The van der Waals surface area contributed by atoms with Gasteiger partial charge in [0.15, 0.2) is 16.8 Å². The molecule has 0 fully saturated rings. The minimum atomic E-state index is -0.632. The van der Waals surface area contributed by atoms with Crippen LogP contribution in [-0.4, -0.2) is 21.6 Å². The maximum Gasteiger partial charge on any atom is 0.222 e. The van der Waals surface area contributed by atoms with Crippen LogP contribution >= 0.6 is 11.8 Å². The number of carbonyl (C=O) groups is 1. The van der Waals surface area contributed by atoms with Crippen molar-refractivity contribution >= 4 is 23.5 Å². The zero-order chi connectivity index (χ0) is 14.4. The fourth-order valence-electron chi connectivity index (χ4n) is 1.58. The van der Waals surface area contributed by atoms with Crippen LogP contribution in [0.2, 0.25) is 0 Å². The highest BCUT2D eigenvalue weighted by atomic mass is 32.2. The number of aromatic nitrogens is 2. The third kappa shape index (κ3) is 4.31. The second-order valence-electron chi connectivity index (χ2n) is 4.11. The highest BCUT2D eigenvalue weighted by Crippen LogP contribution is 2.18. The molecule has 20 heavy (non-hydrogen) atoms. The van der Waals surface area contributed by atoms with Crippen molar-refractivity contribution in [3.8, 4) is 0 Å². The summed E-state index contributed by atoms with van der Waals surface area (Å²) >= 11 is 1.43. The predicted molar refractivity (Wildman–Crippen MR) is 77.2 cm³/mol. The van der Waals surface area contributed by atoms with E-state index in [0.717, 1.165) is 18.4 Å². The molecule has 1 heterocycles. The molecule has 0 bridgehead atoms. The Morgan fingerprint density at radius 1 is 1.35 bits per heavy atom. The average molecular weight is 291 g/mol. The molecule has 0 radical (unpaired) electrons. The molecule has 0 aliphatic rings. The standard InChI is InChI=1S/C14H14FN3OS/c1-10(19)17-13-12(15)9-16-14(18-13)20-8-7-11-5-3-2-4-6-11/h2-6,9H,7-8H2,1H3,(H,16,17,18,19). The topological polar surface area (TPSA) is 54.9 Å². The fraction of sp³-hybridized carbons (Fsp3) is 0.214. The Balaban J connectivity index is 1.94. The van der Waals surface area contributed by atoms with Crippen LogP contribution < -0.4 is 5.32 Å². The van der Waals surface area contributed by atoms with Crippen LogP contribution in [0, 0.1) is 5.82 Å². The number of rotatable bonds is 5. The zero-order valence-electron chi connectivity index (χ0n) is 11.0. The van der Waals surface area contributed by atoms with Gasteiger partial charge in [-0.3, -0.25) is 4.79 Å². The van der Waals surface area contributed by atoms with E-state index in [1.165, 1.54) is 24.2 Å². The molecule has 2 rings (SSSR count). The van der Waals surface area contributed by atoms with E-state index in [4.69, 9.17) is 0 Å². The van der Waals surface area contributed by atoms with Gasteiger partial charge in [-0.15, -0.1) is 0 Å². The quantitative estimate of drug-likeness (QED) is 0.680. The lowest BCUT2D eigenvalue weighted by Gasteiger charge is -2.05. The van der Waals surface area contributed by atoms with Crippen LogP contribution in [0.3, 0.4) is 0 Å². The van der Waals surface area contributed by atoms with Crippen LogP contribution in [0.25, 0.3) is 0 Å². The van der Waals surface area contributed by atoms with Gasteiger partial charge in [-0.1, -0.05) is 42.1 Å². The van der Waals surface area contributed by atoms with Gasteiger partial charge in [-0.2, -0.15) is 0 Å². The van der Waals surface area contributed by atoms with Gasteiger partial charge in [0, 0.05) is 12.7 Å². The molecule has 1 aromatic carbocycles. The first-order valence-corrected chi connectivity index (χ1v) is 7.10. The number of thioether (sulfide) groups is 1. The molecular formula is C14H14FN3OS. The summed E-state index contributed by atoms with van der Waals surface area (Å²) in [4.78, 5) is 18.8. The number of aryl methyl sites for hydroxylation is 1. The largest absolute Gasteiger partial charge is 0.308 e. The number of hydrogen-bond donors (Lipinski definition) is 1. The third-order valence-electron chi connectivity index (χ3n) is 2.48. The summed E-state index contributed by atoms with van der Waals surface area (Å²) in [6.45, 7) is 1.31. The van der Waals surface area contributed by atoms with E-state index in [0.29, 0.717) is 5.16 Å². The summed E-state index contributed by atoms with van der Waals surface area (Å²) in [7, 11) is 0. The second-order valence-corrected chi connectivity index (χ2v) is 5.18. The van der Waals surface area contributed by atoms with Crippen molar-refractivity contribution in [1.29, 1.82) is 0 Å². The summed E-state index contributed by atoms with van der Waals surface area (Å²) < 4.78 is 13.4. The van der Waals surface area contributed by atoms with Crippen molar-refractivity contribution < 1.29 is 9.18 Å². The SMILES string of the molecule is CC(=O)Nc1nc(SCCc2ccccc2)ncc1F. The summed E-state index contributed by atoms with van der Waals surface area (Å²) in [6.07, 6.45) is 1.95. The average Bonchev–Trinajstić information content (AvgIpc) is 2.43. The van der Waals surface area contributed by atoms with Crippen molar-refractivity contribution in [2.75, 3.05) is 11.1 Å². The van der Waals surface area contributed by atoms with Gasteiger partial charge in [-0.25, -0.2) is 14.4 Å². The molecule has 0 saturated heterocycles. The zero-order valence-corrected chi connectivity index (χ0v) is 11.8. The first-order valence-electron chi connectivity index (χ1n) is 6.12. The smallest absolute Gasteiger partial charge is 0.222 e. The minimum absolute atomic E-state index is 0.0743. The molecule has 2 aromatic rings. The Morgan fingerprint density at radius 3 is 2.80 bits per heavy atom.